The molecular formula is C17H27N3O5S. The molecule has 0 radical (unpaired) electrons. The van der Waals surface area contributed by atoms with Crippen LogP contribution in [0.1, 0.15) is 31.1 Å². The zero-order valence-corrected chi connectivity index (χ0v) is 16.9. The average molecular weight is 385 g/mol. The Hall–Kier alpha value is -2.13. The lowest BCUT2D eigenvalue weighted by atomic mass is 9.96. The van der Waals surface area contributed by atoms with Gasteiger partial charge in [0.1, 0.15) is 11.4 Å². The van der Waals surface area contributed by atoms with E-state index in [1.165, 1.54) is 19.2 Å². The Bertz CT molecular complexity index is 769. The number of benzene rings is 1. The Morgan fingerprint density at radius 2 is 1.85 bits per heavy atom. The van der Waals surface area contributed by atoms with E-state index >= 15 is 0 Å². The number of hydrogen-bond donors (Lipinski definition) is 2. The number of amides is 1. The van der Waals surface area contributed by atoms with E-state index in [1.54, 1.807) is 25.1 Å². The number of carbonyl (C=O) groups is 2. The molecule has 0 spiro atoms. The molecule has 0 aliphatic rings. The van der Waals surface area contributed by atoms with Crippen molar-refractivity contribution in [1.29, 1.82) is 0 Å². The molecule has 0 fully saturated rings. The predicted molar refractivity (Wildman–Crippen MR) is 99.6 cm³/mol. The smallest absolute Gasteiger partial charge is 0.320 e. The third-order valence-electron chi connectivity index (χ3n) is 3.48. The maximum absolute atomic E-state index is 12.6. The van der Waals surface area contributed by atoms with E-state index < -0.39 is 22.5 Å². The van der Waals surface area contributed by atoms with Crippen LogP contribution in [0.15, 0.2) is 23.1 Å². The van der Waals surface area contributed by atoms with E-state index in [9.17, 15) is 18.0 Å². The highest BCUT2D eigenvalue weighted by Gasteiger charge is 2.24. The molecule has 0 bridgehead atoms. The molecule has 0 unspecified atom stereocenters. The summed E-state index contributed by atoms with van der Waals surface area (Å²) in [5.74, 6) is -0.997. The van der Waals surface area contributed by atoms with Gasteiger partial charge in [0.25, 0.3) is 5.91 Å². The number of hydrogen-bond acceptors (Lipinski definition) is 6. The number of ether oxygens (including phenoxy) is 1. The Kier molecular flexibility index (Phi) is 7.16. The van der Waals surface area contributed by atoms with Gasteiger partial charge in [-0.2, -0.15) is 4.72 Å². The molecule has 0 aliphatic carbocycles. The van der Waals surface area contributed by atoms with Crippen molar-refractivity contribution in [2.45, 2.75) is 25.7 Å². The molecule has 146 valence electrons. The highest BCUT2D eigenvalue weighted by atomic mass is 32.2. The summed E-state index contributed by atoms with van der Waals surface area (Å²) in [7, 11) is 0.399. The fraction of sp³-hybridized carbons (Fsp3) is 0.529. The SMILES string of the molecule is CNc1ccc(C(=O)N(C)CC(C)(C)C)cc1S(=O)(=O)NCC(=O)OC. The largest absolute Gasteiger partial charge is 0.468 e. The first-order valence-corrected chi connectivity index (χ1v) is 9.53. The zero-order chi connectivity index (χ0) is 20.1. The number of rotatable bonds is 7. The van der Waals surface area contributed by atoms with Crippen molar-refractivity contribution < 1.29 is 22.7 Å². The topological polar surface area (TPSA) is 105 Å². The molecule has 0 aliphatic heterocycles. The van der Waals surface area contributed by atoms with Crippen molar-refractivity contribution >= 4 is 27.6 Å². The fourth-order valence-electron chi connectivity index (χ4n) is 2.39. The zero-order valence-electron chi connectivity index (χ0n) is 16.0. The first-order chi connectivity index (χ1) is 11.9. The highest BCUT2D eigenvalue weighted by Crippen LogP contribution is 2.24. The van der Waals surface area contributed by atoms with E-state index in [-0.39, 0.29) is 21.8 Å². The van der Waals surface area contributed by atoms with Gasteiger partial charge in [-0.25, -0.2) is 8.42 Å². The first kappa shape index (κ1) is 21.9. The van der Waals surface area contributed by atoms with Gasteiger partial charge in [-0.3, -0.25) is 9.59 Å². The van der Waals surface area contributed by atoms with Crippen molar-refractivity contribution in [1.82, 2.24) is 9.62 Å². The van der Waals surface area contributed by atoms with Gasteiger partial charge in [-0.15, -0.1) is 0 Å². The molecule has 0 saturated carbocycles. The Labute approximate surface area is 155 Å². The van der Waals surface area contributed by atoms with Crippen LogP contribution in [0.5, 0.6) is 0 Å². The van der Waals surface area contributed by atoms with Gasteiger partial charge in [-0.05, 0) is 23.6 Å². The maximum Gasteiger partial charge on any atom is 0.320 e. The van der Waals surface area contributed by atoms with Crippen molar-refractivity contribution in [2.75, 3.05) is 39.6 Å². The third-order valence-corrected chi connectivity index (χ3v) is 4.92. The number of esters is 1. The number of carbonyl (C=O) groups excluding carboxylic acids is 2. The fourth-order valence-corrected chi connectivity index (χ4v) is 3.60. The van der Waals surface area contributed by atoms with Gasteiger partial charge >= 0.3 is 5.97 Å². The summed E-state index contributed by atoms with van der Waals surface area (Å²) >= 11 is 0. The number of nitrogens with zero attached hydrogens (tertiary/aromatic N) is 1. The number of sulfonamides is 1. The maximum atomic E-state index is 12.6. The molecular weight excluding hydrogens is 358 g/mol. The summed E-state index contributed by atoms with van der Waals surface area (Å²) in [6, 6.07) is 4.38. The van der Waals surface area contributed by atoms with E-state index in [2.05, 4.69) is 14.8 Å². The van der Waals surface area contributed by atoms with Crippen molar-refractivity contribution in [3.8, 4) is 0 Å². The molecule has 0 aromatic heterocycles. The van der Waals surface area contributed by atoms with Gasteiger partial charge in [-0.1, -0.05) is 20.8 Å². The Balaban J connectivity index is 3.19. The van der Waals surface area contributed by atoms with Crippen molar-refractivity contribution in [3.05, 3.63) is 23.8 Å². The van der Waals surface area contributed by atoms with Crippen LogP contribution in [0, 0.1) is 5.41 Å². The summed E-state index contributed by atoms with van der Waals surface area (Å²) in [6.45, 7) is 6.04. The number of methoxy groups -OCH3 is 1. The standard InChI is InChI=1S/C17H27N3O5S/c1-17(2,3)11-20(5)16(22)12-7-8-13(18-4)14(9-12)26(23,24)19-10-15(21)25-6/h7-9,18-19H,10-11H2,1-6H3. The molecule has 1 aromatic carbocycles. The van der Waals surface area contributed by atoms with Crippen LogP contribution in [0.2, 0.25) is 0 Å². The molecule has 0 atom stereocenters. The summed E-state index contributed by atoms with van der Waals surface area (Å²) in [4.78, 5) is 25.3. The molecule has 9 heteroatoms. The molecule has 1 aromatic rings. The van der Waals surface area contributed by atoms with Crippen LogP contribution in [0.25, 0.3) is 0 Å². The molecule has 0 saturated heterocycles. The van der Waals surface area contributed by atoms with Crippen LogP contribution in [0.4, 0.5) is 5.69 Å². The van der Waals surface area contributed by atoms with E-state index in [0.29, 0.717) is 12.2 Å². The lowest BCUT2D eigenvalue weighted by molar-refractivity contribution is -0.139. The molecule has 26 heavy (non-hydrogen) atoms. The number of nitrogens with one attached hydrogen (secondary N) is 2. The van der Waals surface area contributed by atoms with Crippen LogP contribution in [-0.2, 0) is 19.6 Å². The molecule has 8 nitrogen and oxygen atoms in total. The average Bonchev–Trinajstić information content (AvgIpc) is 2.56. The highest BCUT2D eigenvalue weighted by molar-refractivity contribution is 7.89. The lowest BCUT2D eigenvalue weighted by Gasteiger charge is -2.27. The predicted octanol–water partition coefficient (Wildman–Crippen LogP) is 1.30. The second-order valence-corrected chi connectivity index (χ2v) is 8.82. The van der Waals surface area contributed by atoms with E-state index in [4.69, 9.17) is 0 Å². The number of anilines is 1. The molecule has 2 N–H and O–H groups in total. The normalized spacial score (nSPS) is 11.8. The van der Waals surface area contributed by atoms with Crippen LogP contribution < -0.4 is 10.0 Å². The minimum absolute atomic E-state index is 0.0910. The van der Waals surface area contributed by atoms with Gasteiger partial charge in [0.15, 0.2) is 0 Å². The summed E-state index contributed by atoms with van der Waals surface area (Å²) in [6.07, 6.45) is 0. The van der Waals surface area contributed by atoms with Gasteiger partial charge in [0, 0.05) is 26.2 Å². The van der Waals surface area contributed by atoms with Crippen LogP contribution >= 0.6 is 0 Å². The van der Waals surface area contributed by atoms with Gasteiger partial charge in [0.2, 0.25) is 10.0 Å². The van der Waals surface area contributed by atoms with Gasteiger partial charge < -0.3 is 15.0 Å². The molecule has 1 rings (SSSR count). The quantitative estimate of drug-likeness (QED) is 0.686. The Morgan fingerprint density at radius 1 is 1.23 bits per heavy atom. The second kappa shape index (κ2) is 8.50. The summed E-state index contributed by atoms with van der Waals surface area (Å²) in [5.41, 5.74) is 0.471. The Morgan fingerprint density at radius 3 is 2.35 bits per heavy atom. The summed E-state index contributed by atoms with van der Waals surface area (Å²) in [5, 5.41) is 2.78. The molecule has 0 heterocycles. The second-order valence-electron chi connectivity index (χ2n) is 7.08. The third kappa shape index (κ3) is 5.99. The monoisotopic (exact) mass is 385 g/mol. The summed E-state index contributed by atoms with van der Waals surface area (Å²) < 4.78 is 31.6. The van der Waals surface area contributed by atoms with Gasteiger partial charge in [0.05, 0.1) is 12.8 Å². The van der Waals surface area contributed by atoms with E-state index in [0.717, 1.165) is 0 Å². The first-order valence-electron chi connectivity index (χ1n) is 8.05. The van der Waals surface area contributed by atoms with Crippen LogP contribution in [0.3, 0.4) is 0 Å². The minimum Gasteiger partial charge on any atom is -0.468 e. The van der Waals surface area contributed by atoms with Crippen molar-refractivity contribution in [2.24, 2.45) is 5.41 Å². The lowest BCUT2D eigenvalue weighted by Crippen LogP contribution is -2.35. The van der Waals surface area contributed by atoms with E-state index in [1.807, 2.05) is 20.8 Å². The van der Waals surface area contributed by atoms with Crippen molar-refractivity contribution in [3.63, 3.8) is 0 Å². The van der Waals surface area contributed by atoms with Crippen LogP contribution in [-0.4, -0.2) is 59.5 Å². The molecule has 1 amide bonds. The minimum atomic E-state index is -4.01.